The van der Waals surface area contributed by atoms with Gasteiger partial charge in [0.15, 0.2) is 6.29 Å². The van der Waals surface area contributed by atoms with Gasteiger partial charge in [0, 0.05) is 28.2 Å². The van der Waals surface area contributed by atoms with Gasteiger partial charge in [0.05, 0.1) is 19.4 Å². The highest BCUT2D eigenvalue weighted by molar-refractivity contribution is 14.1. The van der Waals surface area contributed by atoms with Crippen molar-refractivity contribution >= 4 is 63.8 Å². The van der Waals surface area contributed by atoms with Gasteiger partial charge in [0.2, 0.25) is 29.5 Å². The van der Waals surface area contributed by atoms with E-state index in [-0.39, 0.29) is 19.3 Å². The summed E-state index contributed by atoms with van der Waals surface area (Å²) in [7, 11) is 1.12. The predicted molar refractivity (Wildman–Crippen MR) is 179 cm³/mol. The monoisotopic (exact) mass is 820 g/mol. The third-order valence-corrected chi connectivity index (χ3v) is 8.31. The Labute approximate surface area is 299 Å². The molecule has 1 aliphatic rings. The summed E-state index contributed by atoms with van der Waals surface area (Å²) in [4.78, 5) is 78.1. The summed E-state index contributed by atoms with van der Waals surface area (Å²) in [6, 6.07) is -0.479. The molecule has 1 aliphatic heterocycles. The van der Waals surface area contributed by atoms with Crippen molar-refractivity contribution in [2.75, 3.05) is 13.7 Å². The standard InChI is InChI=1S/C29H41IN8O12/c1-12(33-26(44)13(2)49-24-22(34-14(3)40)29(47)50-20(11-39)23(24)42)25(43)35-18(7-8-21(31)41)27(45)36-19(28(46)48-4)10-15-5-6-17(37-38-32)16(30)9-15/h5-6,9,12-13,18-20,22-24,29,39,42,47H,7-8,10-11H2,1-4H3,(H2,31,41)(H,33,44)(H,34,40)(H,35,43)(H,36,45)/t12-,13?,18+,19-,20+,22+,23+,24+,29-/m0/s1. The maximum Gasteiger partial charge on any atom is 0.328 e. The molecule has 0 aromatic heterocycles. The zero-order valence-electron chi connectivity index (χ0n) is 27.6. The molecule has 50 heavy (non-hydrogen) atoms. The van der Waals surface area contributed by atoms with E-state index in [1.807, 2.05) is 22.6 Å². The molecule has 1 fully saturated rings. The van der Waals surface area contributed by atoms with E-state index in [1.54, 1.807) is 12.1 Å². The molecule has 9 atom stereocenters. The smallest absolute Gasteiger partial charge is 0.328 e. The fraction of sp³-hybridized carbons (Fsp3) is 0.586. The van der Waals surface area contributed by atoms with E-state index in [2.05, 4.69) is 31.3 Å². The van der Waals surface area contributed by atoms with Crippen LogP contribution in [0.15, 0.2) is 23.3 Å². The molecule has 1 saturated heterocycles. The Morgan fingerprint density at radius 2 is 1.74 bits per heavy atom. The fourth-order valence-corrected chi connectivity index (χ4v) is 5.52. The van der Waals surface area contributed by atoms with Crippen LogP contribution < -0.4 is 27.0 Å². The quantitative estimate of drug-likeness (QED) is 0.0279. The summed E-state index contributed by atoms with van der Waals surface area (Å²) in [6.07, 6.45) is -8.00. The molecule has 1 aromatic rings. The van der Waals surface area contributed by atoms with Crippen LogP contribution >= 0.6 is 22.6 Å². The number of carbonyl (C=O) groups is 6. The number of amides is 5. The van der Waals surface area contributed by atoms with E-state index >= 15 is 0 Å². The van der Waals surface area contributed by atoms with Crippen molar-refractivity contribution in [3.8, 4) is 0 Å². The minimum Gasteiger partial charge on any atom is -0.467 e. The van der Waals surface area contributed by atoms with Gasteiger partial charge in [-0.15, -0.1) is 0 Å². The molecular formula is C29H41IN8O12. The van der Waals surface area contributed by atoms with Crippen molar-refractivity contribution in [1.29, 1.82) is 0 Å². The highest BCUT2D eigenvalue weighted by Crippen LogP contribution is 2.25. The second-order valence-electron chi connectivity index (χ2n) is 11.3. The lowest BCUT2D eigenvalue weighted by molar-refractivity contribution is -0.266. The highest BCUT2D eigenvalue weighted by Gasteiger charge is 2.47. The number of ether oxygens (including phenoxy) is 3. The van der Waals surface area contributed by atoms with E-state index in [0.29, 0.717) is 14.8 Å². The maximum atomic E-state index is 13.4. The number of nitrogens with zero attached hydrogens (tertiary/aromatic N) is 3. The molecule has 276 valence electrons. The molecule has 0 saturated carbocycles. The first kappa shape index (κ1) is 42.0. The Morgan fingerprint density at radius 3 is 2.30 bits per heavy atom. The number of hydrogen-bond donors (Lipinski definition) is 8. The summed E-state index contributed by atoms with van der Waals surface area (Å²) in [6.45, 7) is 3.00. The van der Waals surface area contributed by atoms with Gasteiger partial charge in [-0.05, 0) is 60.0 Å². The second kappa shape index (κ2) is 19.9. The van der Waals surface area contributed by atoms with Gasteiger partial charge < -0.3 is 56.5 Å². The highest BCUT2D eigenvalue weighted by atomic mass is 127. The second-order valence-corrected chi connectivity index (χ2v) is 12.4. The maximum absolute atomic E-state index is 13.4. The number of methoxy groups -OCH3 is 1. The van der Waals surface area contributed by atoms with Crippen LogP contribution in [-0.4, -0.2) is 119 Å². The summed E-state index contributed by atoms with van der Waals surface area (Å²) < 4.78 is 16.2. The van der Waals surface area contributed by atoms with Crippen LogP contribution in [0.3, 0.4) is 0 Å². The number of nitrogens with one attached hydrogen (secondary N) is 4. The third-order valence-electron chi connectivity index (χ3n) is 7.44. The van der Waals surface area contributed by atoms with Gasteiger partial charge in [-0.1, -0.05) is 17.2 Å². The van der Waals surface area contributed by atoms with Crippen LogP contribution in [0.1, 0.15) is 39.2 Å². The lowest BCUT2D eigenvalue weighted by Crippen LogP contribution is -2.65. The van der Waals surface area contributed by atoms with Crippen LogP contribution in [-0.2, 0) is 49.4 Å². The minimum atomic E-state index is -1.69. The molecule has 21 heteroatoms. The number of aliphatic hydroxyl groups is 3. The number of benzene rings is 1. The number of primary amides is 1. The number of azide groups is 1. The number of hydrogen-bond acceptors (Lipinski definition) is 13. The fourth-order valence-electron chi connectivity index (χ4n) is 4.83. The molecule has 0 aliphatic carbocycles. The number of nitrogens with two attached hydrogens (primary N) is 1. The predicted octanol–water partition coefficient (Wildman–Crippen LogP) is -1.96. The Kier molecular flexibility index (Phi) is 16.7. The van der Waals surface area contributed by atoms with Crippen molar-refractivity contribution in [3.63, 3.8) is 0 Å². The summed E-state index contributed by atoms with van der Waals surface area (Å²) >= 11 is 1.94. The van der Waals surface area contributed by atoms with Crippen LogP contribution in [0.25, 0.3) is 10.4 Å². The van der Waals surface area contributed by atoms with Gasteiger partial charge in [-0.2, -0.15) is 0 Å². The Balaban J connectivity index is 2.15. The van der Waals surface area contributed by atoms with Crippen LogP contribution in [0.4, 0.5) is 5.69 Å². The number of carbonyl (C=O) groups excluding carboxylic acids is 6. The van der Waals surface area contributed by atoms with E-state index in [0.717, 1.165) is 14.0 Å². The molecular weight excluding hydrogens is 779 g/mol. The largest absolute Gasteiger partial charge is 0.467 e. The number of esters is 1. The number of halogens is 1. The molecule has 1 aromatic carbocycles. The number of rotatable bonds is 17. The molecule has 0 radical (unpaired) electrons. The van der Waals surface area contributed by atoms with E-state index in [4.69, 9.17) is 25.5 Å². The van der Waals surface area contributed by atoms with Gasteiger partial charge in [0.1, 0.15) is 48.6 Å². The van der Waals surface area contributed by atoms with Crippen molar-refractivity contribution in [2.45, 2.75) is 94.9 Å². The first-order valence-electron chi connectivity index (χ1n) is 15.2. The molecule has 0 bridgehead atoms. The summed E-state index contributed by atoms with van der Waals surface area (Å²) in [5, 5.41) is 43.7. The normalized spacial score (nSPS) is 22.4. The molecule has 5 amide bonds. The topological polar surface area (TPSA) is 314 Å². The Morgan fingerprint density at radius 1 is 1.08 bits per heavy atom. The average molecular weight is 821 g/mol. The van der Waals surface area contributed by atoms with Gasteiger partial charge in [0.25, 0.3) is 0 Å². The first-order valence-corrected chi connectivity index (χ1v) is 16.3. The van der Waals surface area contributed by atoms with E-state index in [9.17, 15) is 44.1 Å². The van der Waals surface area contributed by atoms with Crippen LogP contribution in [0.2, 0.25) is 0 Å². The van der Waals surface area contributed by atoms with Crippen molar-refractivity contribution in [1.82, 2.24) is 21.3 Å². The van der Waals surface area contributed by atoms with E-state index < -0.39 is 97.0 Å². The van der Waals surface area contributed by atoms with E-state index in [1.165, 1.54) is 19.9 Å². The average Bonchev–Trinajstić information content (AvgIpc) is 3.05. The van der Waals surface area contributed by atoms with Gasteiger partial charge in [-0.3, -0.25) is 24.0 Å². The summed E-state index contributed by atoms with van der Waals surface area (Å²) in [5.74, 6) is -4.79. The Bertz CT molecular complexity index is 1460. The zero-order valence-corrected chi connectivity index (χ0v) is 29.7. The van der Waals surface area contributed by atoms with Crippen LogP contribution in [0.5, 0.6) is 0 Å². The van der Waals surface area contributed by atoms with Crippen molar-refractivity contribution in [2.24, 2.45) is 10.8 Å². The molecule has 20 nitrogen and oxygen atoms in total. The molecule has 1 unspecified atom stereocenters. The first-order chi connectivity index (χ1) is 23.5. The van der Waals surface area contributed by atoms with Crippen molar-refractivity contribution in [3.05, 3.63) is 37.8 Å². The lowest BCUT2D eigenvalue weighted by atomic mass is 9.96. The zero-order chi connectivity index (χ0) is 37.7. The number of aliphatic hydroxyl groups excluding tert-OH is 3. The molecule has 0 spiro atoms. The SMILES string of the molecule is COC(=O)[C@H](Cc1ccc(N=[N+]=[N-])c(I)c1)NC(=O)[C@@H](CCC(N)=O)NC(=O)[C@H](C)NC(=O)C(C)O[C@H]1[C@H](O)[C@@H](CO)O[C@H](O)[C@@H]1NC(C)=O. The molecule has 2 rings (SSSR count). The van der Waals surface area contributed by atoms with Crippen molar-refractivity contribution < 1.29 is 58.3 Å². The third kappa shape index (κ3) is 12.3. The lowest BCUT2D eigenvalue weighted by Gasteiger charge is -2.43. The minimum absolute atomic E-state index is 0.0491. The van der Waals surface area contributed by atoms with Crippen LogP contribution in [0, 0.1) is 3.57 Å². The van der Waals surface area contributed by atoms with Gasteiger partial charge in [-0.25, -0.2) is 4.79 Å². The molecule has 9 N–H and O–H groups in total. The van der Waals surface area contributed by atoms with Gasteiger partial charge >= 0.3 is 5.97 Å². The Hall–Kier alpha value is -4.12. The molecule has 1 heterocycles. The summed E-state index contributed by atoms with van der Waals surface area (Å²) in [5.41, 5.74) is 14.9.